The van der Waals surface area contributed by atoms with E-state index >= 15 is 0 Å². The molecule has 0 bridgehead atoms. The molecule has 0 aliphatic heterocycles. The Balaban J connectivity index is 0.00000400. The highest BCUT2D eigenvalue weighted by molar-refractivity contribution is 5.85. The van der Waals surface area contributed by atoms with Crippen molar-refractivity contribution in [2.45, 2.75) is 39.8 Å². The summed E-state index contributed by atoms with van der Waals surface area (Å²) in [5, 5.41) is 0. The van der Waals surface area contributed by atoms with Crippen LogP contribution in [-0.4, -0.2) is 31.0 Å². The fourth-order valence-corrected chi connectivity index (χ4v) is 2.14. The summed E-state index contributed by atoms with van der Waals surface area (Å²) in [7, 11) is 3.45. The van der Waals surface area contributed by atoms with Crippen LogP contribution in [0.15, 0.2) is 18.2 Å². The van der Waals surface area contributed by atoms with Gasteiger partial charge in [0.1, 0.15) is 5.75 Å². The van der Waals surface area contributed by atoms with Gasteiger partial charge in [0.2, 0.25) is 5.91 Å². The third-order valence-electron chi connectivity index (χ3n) is 3.80. The smallest absolute Gasteiger partial charge is 0.239 e. The number of aryl methyl sites for hydroxylation is 1. The molecule has 1 amide bonds. The Morgan fingerprint density at radius 3 is 2.52 bits per heavy atom. The van der Waals surface area contributed by atoms with Crippen molar-refractivity contribution in [2.24, 2.45) is 11.7 Å². The molecule has 0 fully saturated rings. The van der Waals surface area contributed by atoms with Crippen LogP contribution in [0.5, 0.6) is 5.75 Å². The largest absolute Gasteiger partial charge is 0.496 e. The van der Waals surface area contributed by atoms with Gasteiger partial charge in [-0.3, -0.25) is 4.79 Å². The molecule has 1 aromatic rings. The quantitative estimate of drug-likeness (QED) is 0.878. The zero-order chi connectivity index (χ0) is 15.3. The highest BCUT2D eigenvalue weighted by Gasteiger charge is 2.22. The molecule has 0 aliphatic rings. The number of methoxy groups -OCH3 is 1. The Hall–Kier alpha value is -1.26. The van der Waals surface area contributed by atoms with Crippen LogP contribution in [0.4, 0.5) is 0 Å². The number of ether oxygens (including phenoxy) is 1. The van der Waals surface area contributed by atoms with E-state index in [9.17, 15) is 4.79 Å². The fourth-order valence-electron chi connectivity index (χ4n) is 2.14. The first-order chi connectivity index (χ1) is 9.40. The van der Waals surface area contributed by atoms with Gasteiger partial charge in [-0.05, 0) is 30.0 Å². The van der Waals surface area contributed by atoms with Gasteiger partial charge in [0.05, 0.1) is 13.2 Å². The van der Waals surface area contributed by atoms with Crippen molar-refractivity contribution in [1.29, 1.82) is 0 Å². The topological polar surface area (TPSA) is 55.6 Å². The molecule has 0 saturated heterocycles. The molecule has 0 aliphatic carbocycles. The van der Waals surface area contributed by atoms with Crippen LogP contribution in [0, 0.1) is 12.8 Å². The van der Waals surface area contributed by atoms with Crippen LogP contribution < -0.4 is 10.5 Å². The van der Waals surface area contributed by atoms with E-state index in [1.165, 1.54) is 0 Å². The maximum absolute atomic E-state index is 12.2. The Morgan fingerprint density at radius 2 is 2.05 bits per heavy atom. The molecular weight excluding hydrogens is 288 g/mol. The zero-order valence-corrected chi connectivity index (χ0v) is 14.4. The second kappa shape index (κ2) is 8.90. The number of rotatable bonds is 6. The monoisotopic (exact) mass is 314 g/mol. The van der Waals surface area contributed by atoms with E-state index in [-0.39, 0.29) is 24.2 Å². The van der Waals surface area contributed by atoms with E-state index in [0.29, 0.717) is 6.54 Å². The number of likely N-dealkylation sites (N-methyl/N-ethyl adjacent to an activating group) is 1. The minimum Gasteiger partial charge on any atom is -0.496 e. The average molecular weight is 315 g/mol. The summed E-state index contributed by atoms with van der Waals surface area (Å²) < 4.78 is 5.24. The van der Waals surface area contributed by atoms with E-state index in [4.69, 9.17) is 10.5 Å². The Kier molecular flexibility index (Phi) is 8.37. The van der Waals surface area contributed by atoms with Crippen molar-refractivity contribution < 1.29 is 9.53 Å². The van der Waals surface area contributed by atoms with E-state index < -0.39 is 6.04 Å². The van der Waals surface area contributed by atoms with Gasteiger partial charge in [-0.1, -0.05) is 32.4 Å². The highest BCUT2D eigenvalue weighted by Crippen LogP contribution is 2.19. The van der Waals surface area contributed by atoms with Crippen LogP contribution in [-0.2, 0) is 11.3 Å². The molecule has 2 atom stereocenters. The number of nitrogens with zero attached hydrogens (tertiary/aromatic N) is 1. The molecule has 0 aromatic heterocycles. The molecular formula is C16H27ClN2O2. The summed E-state index contributed by atoms with van der Waals surface area (Å²) in [6.07, 6.45) is 0.905. The van der Waals surface area contributed by atoms with Gasteiger partial charge in [0.15, 0.2) is 0 Å². The summed E-state index contributed by atoms with van der Waals surface area (Å²) >= 11 is 0. The van der Waals surface area contributed by atoms with Crippen molar-refractivity contribution in [2.75, 3.05) is 14.2 Å². The predicted octanol–water partition coefficient (Wildman–Crippen LogP) is 2.76. The van der Waals surface area contributed by atoms with Gasteiger partial charge < -0.3 is 15.4 Å². The molecule has 5 heteroatoms. The first kappa shape index (κ1) is 19.7. The van der Waals surface area contributed by atoms with Gasteiger partial charge in [-0.2, -0.15) is 0 Å². The Bertz CT molecular complexity index is 466. The number of nitrogens with two attached hydrogens (primary N) is 1. The second-order valence-corrected chi connectivity index (χ2v) is 5.41. The van der Waals surface area contributed by atoms with Crippen LogP contribution in [0.25, 0.3) is 0 Å². The van der Waals surface area contributed by atoms with E-state index in [1.807, 2.05) is 39.0 Å². The molecule has 0 spiro atoms. The van der Waals surface area contributed by atoms with Crippen molar-refractivity contribution in [3.05, 3.63) is 29.3 Å². The minimum atomic E-state index is -0.427. The zero-order valence-electron chi connectivity index (χ0n) is 13.6. The summed E-state index contributed by atoms with van der Waals surface area (Å²) in [6.45, 7) is 6.61. The van der Waals surface area contributed by atoms with Crippen LogP contribution in [0.1, 0.15) is 31.4 Å². The highest BCUT2D eigenvalue weighted by atomic mass is 35.5. The van der Waals surface area contributed by atoms with E-state index in [0.717, 1.165) is 23.3 Å². The molecule has 120 valence electrons. The lowest BCUT2D eigenvalue weighted by molar-refractivity contribution is -0.132. The summed E-state index contributed by atoms with van der Waals surface area (Å²) in [5.74, 6) is 1.05. The third-order valence-corrected chi connectivity index (χ3v) is 3.80. The van der Waals surface area contributed by atoms with Crippen molar-refractivity contribution >= 4 is 18.3 Å². The van der Waals surface area contributed by atoms with Gasteiger partial charge >= 0.3 is 0 Å². The van der Waals surface area contributed by atoms with Crippen molar-refractivity contribution in [3.8, 4) is 5.75 Å². The lowest BCUT2D eigenvalue weighted by Crippen LogP contribution is -2.45. The minimum absolute atomic E-state index is 0. The molecule has 1 rings (SSSR count). The van der Waals surface area contributed by atoms with E-state index in [2.05, 4.69) is 0 Å². The summed E-state index contributed by atoms with van der Waals surface area (Å²) in [5.41, 5.74) is 8.14. The van der Waals surface area contributed by atoms with Crippen molar-refractivity contribution in [1.82, 2.24) is 4.90 Å². The van der Waals surface area contributed by atoms with E-state index in [1.54, 1.807) is 19.1 Å². The number of hydrogen-bond donors (Lipinski definition) is 1. The normalized spacial score (nSPS) is 13.0. The predicted molar refractivity (Wildman–Crippen MR) is 88.9 cm³/mol. The number of carbonyl (C=O) groups is 1. The number of hydrogen-bond acceptors (Lipinski definition) is 3. The number of halogens is 1. The Labute approximate surface area is 134 Å². The molecule has 4 nitrogen and oxygen atoms in total. The van der Waals surface area contributed by atoms with Gasteiger partial charge in [0.25, 0.3) is 0 Å². The maximum atomic E-state index is 12.2. The van der Waals surface area contributed by atoms with Gasteiger partial charge in [0, 0.05) is 13.6 Å². The second-order valence-electron chi connectivity index (χ2n) is 5.41. The lowest BCUT2D eigenvalue weighted by atomic mass is 9.99. The Morgan fingerprint density at radius 1 is 1.43 bits per heavy atom. The van der Waals surface area contributed by atoms with Crippen LogP contribution in [0.2, 0.25) is 0 Å². The standard InChI is InChI=1S/C16H26N2O2.ClH/c1-6-11(2)15(17)16(19)18(4)10-13-7-8-14(20-5)12(3)9-13;/h7-9,11,15H,6,10,17H2,1-5H3;1H. The van der Waals surface area contributed by atoms with Crippen LogP contribution >= 0.6 is 12.4 Å². The molecule has 21 heavy (non-hydrogen) atoms. The molecule has 0 heterocycles. The van der Waals surface area contributed by atoms with Crippen molar-refractivity contribution in [3.63, 3.8) is 0 Å². The fraction of sp³-hybridized carbons (Fsp3) is 0.562. The number of amides is 1. The lowest BCUT2D eigenvalue weighted by Gasteiger charge is -2.25. The summed E-state index contributed by atoms with van der Waals surface area (Å²) in [6, 6.07) is 5.52. The SMILES string of the molecule is CCC(C)C(N)C(=O)N(C)Cc1ccc(OC)c(C)c1.Cl. The number of carbonyl (C=O) groups excluding carboxylic acids is 1. The number of benzene rings is 1. The summed E-state index contributed by atoms with van der Waals surface area (Å²) in [4.78, 5) is 13.9. The van der Waals surface area contributed by atoms with Gasteiger partial charge in [-0.25, -0.2) is 0 Å². The molecule has 1 aromatic carbocycles. The van der Waals surface area contributed by atoms with Crippen LogP contribution in [0.3, 0.4) is 0 Å². The average Bonchev–Trinajstić information content (AvgIpc) is 2.44. The van der Waals surface area contributed by atoms with Gasteiger partial charge in [-0.15, -0.1) is 12.4 Å². The third kappa shape index (κ3) is 5.21. The molecule has 2 unspecified atom stereocenters. The first-order valence-electron chi connectivity index (χ1n) is 7.04. The molecule has 0 radical (unpaired) electrons. The first-order valence-corrected chi connectivity index (χ1v) is 7.04. The maximum Gasteiger partial charge on any atom is 0.239 e. The molecule has 0 saturated carbocycles. The molecule has 2 N–H and O–H groups in total.